The first-order chi connectivity index (χ1) is 10.7. The van der Waals surface area contributed by atoms with Gasteiger partial charge < -0.3 is 19.9 Å². The third-order valence-corrected chi connectivity index (χ3v) is 3.81. The Morgan fingerprint density at radius 2 is 1.95 bits per heavy atom. The van der Waals surface area contributed by atoms with Crippen molar-refractivity contribution in [3.8, 4) is 22.9 Å². The molecule has 0 amide bonds. The van der Waals surface area contributed by atoms with Crippen LogP contribution in [0.3, 0.4) is 0 Å². The van der Waals surface area contributed by atoms with Crippen LogP contribution in [0.1, 0.15) is 24.2 Å². The molecule has 1 aromatic heterocycles. The summed E-state index contributed by atoms with van der Waals surface area (Å²) in [4.78, 5) is 4.43. The Kier molecular flexibility index (Phi) is 3.62. The molecule has 0 unspecified atom stereocenters. The average Bonchev–Trinajstić information content (AvgIpc) is 2.91. The fourth-order valence-corrected chi connectivity index (χ4v) is 2.70. The highest BCUT2D eigenvalue weighted by molar-refractivity contribution is 6.01. The van der Waals surface area contributed by atoms with Gasteiger partial charge >= 0.3 is 0 Å². The van der Waals surface area contributed by atoms with E-state index in [-0.39, 0.29) is 0 Å². The molecule has 0 bridgehead atoms. The number of benzene rings is 1. The summed E-state index contributed by atoms with van der Waals surface area (Å²) in [7, 11) is 3.11. The summed E-state index contributed by atoms with van der Waals surface area (Å²) in [6.07, 6.45) is 2.14. The summed E-state index contributed by atoms with van der Waals surface area (Å²) in [5.41, 5.74) is 2.38. The van der Waals surface area contributed by atoms with Gasteiger partial charge in [0.2, 0.25) is 0 Å². The molecule has 7 heteroatoms. The zero-order valence-corrected chi connectivity index (χ0v) is 12.4. The van der Waals surface area contributed by atoms with Crippen LogP contribution < -0.4 is 9.47 Å². The molecular formula is C15H17N3O4. The molecule has 1 aromatic carbocycles. The largest absolute Gasteiger partial charge is 0.493 e. The number of rotatable bonds is 3. The monoisotopic (exact) mass is 303 g/mol. The lowest BCUT2D eigenvalue weighted by Gasteiger charge is -2.11. The second-order valence-electron chi connectivity index (χ2n) is 5.01. The van der Waals surface area contributed by atoms with Crippen molar-refractivity contribution < 1.29 is 19.9 Å². The van der Waals surface area contributed by atoms with E-state index in [9.17, 15) is 5.21 Å². The van der Waals surface area contributed by atoms with E-state index in [1.807, 2.05) is 0 Å². The van der Waals surface area contributed by atoms with Crippen LogP contribution >= 0.6 is 0 Å². The third kappa shape index (κ3) is 2.14. The first-order valence-corrected chi connectivity index (χ1v) is 6.94. The summed E-state index contributed by atoms with van der Waals surface area (Å²) in [5.74, 6) is 1.54. The lowest BCUT2D eigenvalue weighted by molar-refractivity contribution is 0.180. The van der Waals surface area contributed by atoms with Crippen molar-refractivity contribution in [2.45, 2.75) is 19.3 Å². The summed E-state index contributed by atoms with van der Waals surface area (Å²) in [5, 5.41) is 22.7. The summed E-state index contributed by atoms with van der Waals surface area (Å²) in [6, 6.07) is 5.29. The van der Waals surface area contributed by atoms with Crippen LogP contribution in [0.15, 0.2) is 23.4 Å². The smallest absolute Gasteiger partial charge is 0.176 e. The molecule has 0 spiro atoms. The maximum absolute atomic E-state index is 10.4. The minimum atomic E-state index is 0.383. The molecule has 116 valence electrons. The fraction of sp³-hybridized carbons (Fsp3) is 0.333. The van der Waals surface area contributed by atoms with Gasteiger partial charge in [0, 0.05) is 5.56 Å². The van der Waals surface area contributed by atoms with Crippen molar-refractivity contribution in [2.24, 2.45) is 5.16 Å². The van der Waals surface area contributed by atoms with E-state index in [1.54, 1.807) is 32.4 Å². The second kappa shape index (κ2) is 5.59. The van der Waals surface area contributed by atoms with Crippen LogP contribution in [0, 0.1) is 0 Å². The molecule has 1 aliphatic carbocycles. The Bertz CT molecular complexity index is 737. The first-order valence-electron chi connectivity index (χ1n) is 6.94. The summed E-state index contributed by atoms with van der Waals surface area (Å²) in [6.45, 7) is 0. The molecule has 2 N–H and O–H groups in total. The van der Waals surface area contributed by atoms with E-state index < -0.39 is 0 Å². The van der Waals surface area contributed by atoms with E-state index in [1.165, 1.54) is 0 Å². The molecule has 7 nitrogen and oxygen atoms in total. The normalized spacial score (nSPS) is 15.6. The number of oxime groups is 1. The minimum Gasteiger partial charge on any atom is -0.493 e. The van der Waals surface area contributed by atoms with E-state index >= 15 is 0 Å². The maximum Gasteiger partial charge on any atom is 0.176 e. The zero-order valence-electron chi connectivity index (χ0n) is 12.4. The Morgan fingerprint density at radius 3 is 2.64 bits per heavy atom. The van der Waals surface area contributed by atoms with Crippen molar-refractivity contribution >= 4 is 5.71 Å². The van der Waals surface area contributed by atoms with E-state index in [0.717, 1.165) is 11.2 Å². The Morgan fingerprint density at radius 1 is 1.18 bits per heavy atom. The standard InChI is InChI=1S/C15H17N3O4/c1-21-12-7-6-9(8-13(12)22-2)15-16-14-10(17-19)4-3-5-11(14)18(15)20/h6-8,19-20H,3-5H2,1-2H3/b17-10+. The number of nitrogens with zero attached hydrogens (tertiary/aromatic N) is 3. The van der Waals surface area contributed by atoms with E-state index in [4.69, 9.17) is 14.7 Å². The average molecular weight is 303 g/mol. The van der Waals surface area contributed by atoms with Gasteiger partial charge in [0.25, 0.3) is 0 Å². The Hall–Kier alpha value is -2.70. The molecule has 0 atom stereocenters. The lowest BCUT2D eigenvalue weighted by atomic mass is 9.99. The highest BCUT2D eigenvalue weighted by atomic mass is 16.5. The zero-order chi connectivity index (χ0) is 15.7. The van der Waals surface area contributed by atoms with Gasteiger partial charge in [-0.2, -0.15) is 4.73 Å². The van der Waals surface area contributed by atoms with Crippen molar-refractivity contribution in [3.05, 3.63) is 29.6 Å². The lowest BCUT2D eigenvalue weighted by Crippen LogP contribution is -2.13. The number of ether oxygens (including phenoxy) is 2. The van der Waals surface area contributed by atoms with Gasteiger partial charge in [0.15, 0.2) is 17.3 Å². The van der Waals surface area contributed by atoms with Crippen LogP contribution in [-0.2, 0) is 6.42 Å². The van der Waals surface area contributed by atoms with Crippen LogP contribution in [0.2, 0.25) is 0 Å². The van der Waals surface area contributed by atoms with E-state index in [0.29, 0.717) is 52.8 Å². The van der Waals surface area contributed by atoms with Gasteiger partial charge in [-0.25, -0.2) is 4.98 Å². The molecule has 2 aromatic rings. The number of methoxy groups -OCH3 is 2. The number of imidazole rings is 1. The van der Waals surface area contributed by atoms with Gasteiger partial charge in [-0.05, 0) is 37.5 Å². The number of fused-ring (bicyclic) bond motifs is 1. The SMILES string of the molecule is COc1ccc(-c2nc3c(n2O)CCC/C3=N\O)cc1OC. The predicted octanol–water partition coefficient (Wildman–Crippen LogP) is 2.32. The Labute approximate surface area is 127 Å². The number of aromatic nitrogens is 2. The van der Waals surface area contributed by atoms with Crippen LogP contribution in [-0.4, -0.2) is 40.1 Å². The third-order valence-electron chi connectivity index (χ3n) is 3.81. The molecule has 0 saturated carbocycles. The molecule has 3 rings (SSSR count). The van der Waals surface area contributed by atoms with Gasteiger partial charge in [-0.3, -0.25) is 0 Å². The molecular weight excluding hydrogens is 286 g/mol. The van der Waals surface area contributed by atoms with E-state index in [2.05, 4.69) is 10.1 Å². The molecule has 1 heterocycles. The molecule has 0 aliphatic heterocycles. The highest BCUT2D eigenvalue weighted by Gasteiger charge is 2.26. The molecule has 0 radical (unpaired) electrons. The number of hydrogen-bond acceptors (Lipinski definition) is 6. The quantitative estimate of drug-likeness (QED) is 0.516. The van der Waals surface area contributed by atoms with Gasteiger partial charge in [0.1, 0.15) is 11.4 Å². The predicted molar refractivity (Wildman–Crippen MR) is 79.2 cm³/mol. The van der Waals surface area contributed by atoms with Gasteiger partial charge in [-0.15, -0.1) is 0 Å². The summed E-state index contributed by atoms with van der Waals surface area (Å²) >= 11 is 0. The maximum atomic E-state index is 10.4. The van der Waals surface area contributed by atoms with Gasteiger partial charge in [0.05, 0.1) is 19.9 Å². The van der Waals surface area contributed by atoms with Crippen LogP contribution in [0.5, 0.6) is 11.5 Å². The van der Waals surface area contributed by atoms with Crippen LogP contribution in [0.25, 0.3) is 11.4 Å². The summed E-state index contributed by atoms with van der Waals surface area (Å²) < 4.78 is 11.5. The number of hydrogen-bond donors (Lipinski definition) is 2. The van der Waals surface area contributed by atoms with Crippen molar-refractivity contribution in [2.75, 3.05) is 14.2 Å². The van der Waals surface area contributed by atoms with Crippen molar-refractivity contribution in [1.29, 1.82) is 0 Å². The topological polar surface area (TPSA) is 89.1 Å². The molecule has 0 saturated heterocycles. The first kappa shape index (κ1) is 14.2. The highest BCUT2D eigenvalue weighted by Crippen LogP contribution is 2.33. The van der Waals surface area contributed by atoms with Crippen molar-refractivity contribution in [3.63, 3.8) is 0 Å². The Balaban J connectivity index is 2.12. The molecule has 22 heavy (non-hydrogen) atoms. The van der Waals surface area contributed by atoms with Crippen LogP contribution in [0.4, 0.5) is 0 Å². The minimum absolute atomic E-state index is 0.383. The molecule has 1 aliphatic rings. The van der Waals surface area contributed by atoms with Gasteiger partial charge in [-0.1, -0.05) is 5.16 Å². The van der Waals surface area contributed by atoms with Crippen molar-refractivity contribution in [1.82, 2.24) is 9.71 Å². The second-order valence-corrected chi connectivity index (χ2v) is 5.01. The molecule has 0 fully saturated rings. The fourth-order valence-electron chi connectivity index (χ4n) is 2.70.